The van der Waals surface area contributed by atoms with Crippen molar-refractivity contribution in [3.05, 3.63) is 0 Å². The van der Waals surface area contributed by atoms with Crippen LogP contribution in [0.4, 0.5) is 13.2 Å². The van der Waals surface area contributed by atoms with Crippen LogP contribution >= 0.6 is 0 Å². The normalized spacial score (nSPS) is 18.1. The number of amides is 2. The minimum atomic E-state index is -4.44. The summed E-state index contributed by atoms with van der Waals surface area (Å²) in [4.78, 5) is 37.2. The van der Waals surface area contributed by atoms with Crippen molar-refractivity contribution in [3.8, 4) is 0 Å². The average Bonchev–Trinajstić information content (AvgIpc) is 2.54. The van der Waals surface area contributed by atoms with Crippen LogP contribution < -0.4 is 0 Å². The summed E-state index contributed by atoms with van der Waals surface area (Å²) in [6, 6.07) is 0. The van der Waals surface area contributed by atoms with E-state index >= 15 is 0 Å². The highest BCUT2D eigenvalue weighted by molar-refractivity contribution is 5.81. The van der Waals surface area contributed by atoms with Crippen molar-refractivity contribution in [2.24, 2.45) is 5.92 Å². The van der Waals surface area contributed by atoms with Gasteiger partial charge in [0.2, 0.25) is 11.8 Å². The second kappa shape index (κ2) is 9.62. The molecule has 0 aromatic rings. The number of aliphatic carboxylic acids is 1. The molecule has 1 rings (SSSR count). The van der Waals surface area contributed by atoms with Gasteiger partial charge in [-0.2, -0.15) is 13.2 Å². The van der Waals surface area contributed by atoms with Crippen molar-refractivity contribution in [2.45, 2.75) is 51.6 Å². The molecule has 1 unspecified atom stereocenters. The summed E-state index contributed by atoms with van der Waals surface area (Å²) in [7, 11) is 0. The number of halogens is 3. The Labute approximate surface area is 145 Å². The summed E-state index contributed by atoms with van der Waals surface area (Å²) in [5, 5.41) is 8.56. The molecule has 0 bridgehead atoms. The van der Waals surface area contributed by atoms with Crippen LogP contribution in [0.1, 0.15) is 45.4 Å². The highest BCUT2D eigenvalue weighted by Gasteiger charge is 2.36. The molecule has 6 nitrogen and oxygen atoms in total. The minimum absolute atomic E-state index is 0.00269. The average molecular weight is 366 g/mol. The van der Waals surface area contributed by atoms with Crippen molar-refractivity contribution in [3.63, 3.8) is 0 Å². The monoisotopic (exact) mass is 366 g/mol. The summed E-state index contributed by atoms with van der Waals surface area (Å²) in [6.07, 6.45) is -2.38. The molecule has 2 amide bonds. The Morgan fingerprint density at radius 1 is 1.20 bits per heavy atom. The zero-order chi connectivity index (χ0) is 19.0. The molecule has 1 heterocycles. The van der Waals surface area contributed by atoms with E-state index in [4.69, 9.17) is 5.11 Å². The van der Waals surface area contributed by atoms with Gasteiger partial charge in [0.15, 0.2) is 0 Å². The van der Waals surface area contributed by atoms with Crippen LogP contribution in [0.25, 0.3) is 0 Å². The number of unbranched alkanes of at least 4 members (excludes halogenated alkanes) is 1. The van der Waals surface area contributed by atoms with Crippen molar-refractivity contribution in [1.82, 2.24) is 9.80 Å². The Balaban J connectivity index is 2.53. The SMILES string of the molecule is CCN(CC(F)(F)F)C(=O)C1CCCN(C(=O)CCCCC(=O)O)C1. The van der Waals surface area contributed by atoms with E-state index in [0.717, 1.165) is 4.90 Å². The standard InChI is InChI=1S/C16H25F3N2O4/c1-2-20(11-16(17,18)19)15(25)12-6-5-9-21(10-12)13(22)7-3-4-8-14(23)24/h12H,2-11H2,1H3,(H,23,24). The molecule has 1 aliphatic rings. The second-order valence-corrected chi connectivity index (χ2v) is 6.25. The van der Waals surface area contributed by atoms with E-state index in [1.807, 2.05) is 0 Å². The number of carboxylic acids is 1. The number of alkyl halides is 3. The number of hydrogen-bond acceptors (Lipinski definition) is 3. The zero-order valence-corrected chi connectivity index (χ0v) is 14.3. The summed E-state index contributed by atoms with van der Waals surface area (Å²) in [5.41, 5.74) is 0. The highest BCUT2D eigenvalue weighted by atomic mass is 19.4. The molecule has 1 aliphatic heterocycles. The number of carbonyl (C=O) groups excluding carboxylic acids is 2. The summed E-state index contributed by atoms with van der Waals surface area (Å²) >= 11 is 0. The number of carbonyl (C=O) groups is 3. The van der Waals surface area contributed by atoms with Gasteiger partial charge in [-0.15, -0.1) is 0 Å². The molecule has 25 heavy (non-hydrogen) atoms. The Morgan fingerprint density at radius 3 is 2.40 bits per heavy atom. The van der Waals surface area contributed by atoms with Crippen molar-refractivity contribution >= 4 is 17.8 Å². The van der Waals surface area contributed by atoms with E-state index in [1.54, 1.807) is 0 Å². The van der Waals surface area contributed by atoms with Gasteiger partial charge in [0.25, 0.3) is 0 Å². The smallest absolute Gasteiger partial charge is 0.406 e. The van der Waals surface area contributed by atoms with Crippen LogP contribution in [-0.2, 0) is 14.4 Å². The fourth-order valence-corrected chi connectivity index (χ4v) is 2.94. The first kappa shape index (κ1) is 21.2. The van der Waals surface area contributed by atoms with Crippen LogP contribution in [0.3, 0.4) is 0 Å². The van der Waals surface area contributed by atoms with E-state index in [2.05, 4.69) is 0 Å². The number of hydrogen-bond donors (Lipinski definition) is 1. The molecular formula is C16H25F3N2O4. The number of likely N-dealkylation sites (tertiary alicyclic amines) is 1. The summed E-state index contributed by atoms with van der Waals surface area (Å²) in [5.74, 6) is -2.27. The maximum Gasteiger partial charge on any atom is 0.406 e. The molecule has 1 saturated heterocycles. The number of rotatable bonds is 8. The lowest BCUT2D eigenvalue weighted by atomic mass is 9.96. The first-order valence-electron chi connectivity index (χ1n) is 8.49. The zero-order valence-electron chi connectivity index (χ0n) is 14.3. The van der Waals surface area contributed by atoms with E-state index < -0.39 is 30.5 Å². The molecule has 1 fully saturated rings. The van der Waals surface area contributed by atoms with Gasteiger partial charge in [0.05, 0.1) is 5.92 Å². The van der Waals surface area contributed by atoms with Crippen LogP contribution in [0, 0.1) is 5.92 Å². The van der Waals surface area contributed by atoms with Crippen molar-refractivity contribution < 1.29 is 32.7 Å². The molecule has 144 valence electrons. The van der Waals surface area contributed by atoms with Gasteiger partial charge in [-0.1, -0.05) is 0 Å². The largest absolute Gasteiger partial charge is 0.481 e. The van der Waals surface area contributed by atoms with Crippen LogP contribution in [-0.4, -0.2) is 65.0 Å². The molecule has 0 aromatic carbocycles. The third-order valence-corrected chi connectivity index (χ3v) is 4.22. The molecule has 0 radical (unpaired) electrons. The first-order chi connectivity index (χ1) is 11.6. The van der Waals surface area contributed by atoms with Gasteiger partial charge in [-0.05, 0) is 32.6 Å². The fourth-order valence-electron chi connectivity index (χ4n) is 2.94. The van der Waals surface area contributed by atoms with Gasteiger partial charge in [0.1, 0.15) is 6.54 Å². The van der Waals surface area contributed by atoms with Gasteiger partial charge < -0.3 is 14.9 Å². The molecule has 0 aliphatic carbocycles. The maximum atomic E-state index is 12.6. The Kier molecular flexibility index (Phi) is 8.18. The van der Waals surface area contributed by atoms with Crippen LogP contribution in [0.15, 0.2) is 0 Å². The van der Waals surface area contributed by atoms with E-state index in [0.29, 0.717) is 32.2 Å². The molecule has 0 saturated carbocycles. The molecule has 1 atom stereocenters. The lowest BCUT2D eigenvalue weighted by molar-refractivity contribution is -0.164. The van der Waals surface area contributed by atoms with Crippen molar-refractivity contribution in [1.29, 1.82) is 0 Å². The topological polar surface area (TPSA) is 77.9 Å². The lowest BCUT2D eigenvalue weighted by Gasteiger charge is -2.35. The Hall–Kier alpha value is -1.80. The minimum Gasteiger partial charge on any atom is -0.481 e. The van der Waals surface area contributed by atoms with Gasteiger partial charge >= 0.3 is 12.1 Å². The fraction of sp³-hybridized carbons (Fsp3) is 0.812. The van der Waals surface area contributed by atoms with E-state index in [9.17, 15) is 27.6 Å². The van der Waals surface area contributed by atoms with Gasteiger partial charge in [-0.25, -0.2) is 0 Å². The quantitative estimate of drug-likeness (QED) is 0.669. The number of nitrogens with zero attached hydrogens (tertiary/aromatic N) is 2. The van der Waals surface area contributed by atoms with Crippen LogP contribution in [0.2, 0.25) is 0 Å². The third-order valence-electron chi connectivity index (χ3n) is 4.22. The summed E-state index contributed by atoms with van der Waals surface area (Å²) in [6.45, 7) is 0.801. The number of carboxylic acid groups (broad SMARTS) is 1. The Morgan fingerprint density at radius 2 is 1.84 bits per heavy atom. The third kappa shape index (κ3) is 7.74. The predicted molar refractivity (Wildman–Crippen MR) is 83.7 cm³/mol. The van der Waals surface area contributed by atoms with Gasteiger partial charge in [-0.3, -0.25) is 14.4 Å². The van der Waals surface area contributed by atoms with Crippen LogP contribution in [0.5, 0.6) is 0 Å². The number of piperidine rings is 1. The molecule has 1 N–H and O–H groups in total. The first-order valence-corrected chi connectivity index (χ1v) is 8.49. The predicted octanol–water partition coefficient (Wildman–Crippen LogP) is 2.28. The molecule has 0 spiro atoms. The second-order valence-electron chi connectivity index (χ2n) is 6.25. The maximum absolute atomic E-state index is 12.6. The summed E-state index contributed by atoms with van der Waals surface area (Å²) < 4.78 is 37.7. The Bertz CT molecular complexity index is 482. The van der Waals surface area contributed by atoms with Crippen molar-refractivity contribution in [2.75, 3.05) is 26.2 Å². The van der Waals surface area contributed by atoms with E-state index in [-0.39, 0.29) is 31.8 Å². The molecular weight excluding hydrogens is 341 g/mol. The molecule has 0 aromatic heterocycles. The molecule has 9 heteroatoms. The lowest BCUT2D eigenvalue weighted by Crippen LogP contribution is -2.48. The van der Waals surface area contributed by atoms with Gasteiger partial charge in [0, 0.05) is 32.5 Å². The van der Waals surface area contributed by atoms with E-state index in [1.165, 1.54) is 11.8 Å². The highest BCUT2D eigenvalue weighted by Crippen LogP contribution is 2.23.